The summed E-state index contributed by atoms with van der Waals surface area (Å²) in [5.41, 5.74) is 0.447. The molecule has 2 amide bonds. The Bertz CT molecular complexity index is 2100. The fourth-order valence-corrected chi connectivity index (χ4v) is 6.38. The van der Waals surface area contributed by atoms with Gasteiger partial charge in [0.05, 0.1) is 30.1 Å². The van der Waals surface area contributed by atoms with Crippen molar-refractivity contribution in [2.24, 2.45) is 0 Å². The van der Waals surface area contributed by atoms with Crippen LogP contribution in [0.15, 0.2) is 94.5 Å². The van der Waals surface area contributed by atoms with E-state index in [4.69, 9.17) is 4.74 Å². The van der Waals surface area contributed by atoms with Gasteiger partial charge in [0.15, 0.2) is 5.82 Å². The van der Waals surface area contributed by atoms with Crippen molar-refractivity contribution in [3.8, 4) is 22.8 Å². The summed E-state index contributed by atoms with van der Waals surface area (Å²) in [5.74, 6) is -0.180. The molecule has 0 saturated heterocycles. The summed E-state index contributed by atoms with van der Waals surface area (Å²) < 4.78 is 49.4. The molecule has 5 aromatic rings. The predicted octanol–water partition coefficient (Wildman–Crippen LogP) is 6.64. The minimum atomic E-state index is -4.69. The number of halogens is 4. The molecule has 3 aromatic carbocycles. The van der Waals surface area contributed by atoms with Crippen LogP contribution in [0.1, 0.15) is 57.9 Å². The fourth-order valence-electron chi connectivity index (χ4n) is 5.90. The van der Waals surface area contributed by atoms with E-state index in [9.17, 15) is 27.6 Å². The van der Waals surface area contributed by atoms with Gasteiger partial charge in [-0.2, -0.15) is 13.2 Å². The number of nitrogens with zero attached hydrogens (tertiary/aromatic N) is 5. The second kappa shape index (κ2) is 14.3. The van der Waals surface area contributed by atoms with E-state index in [0.717, 1.165) is 18.1 Å². The molecule has 10 nitrogen and oxygen atoms in total. The maximum atomic E-state index is 14.2. The Morgan fingerprint density at radius 3 is 2.44 bits per heavy atom. The number of alkyl halides is 3. The number of benzene rings is 3. The van der Waals surface area contributed by atoms with Gasteiger partial charge in [0.25, 0.3) is 11.8 Å². The third-order valence-electron chi connectivity index (χ3n) is 8.37. The monoisotopic (exact) mass is 748 g/mol. The van der Waals surface area contributed by atoms with Crippen molar-refractivity contribution in [1.82, 2.24) is 29.3 Å². The topological polar surface area (TPSA) is 111 Å². The molecule has 0 fully saturated rings. The van der Waals surface area contributed by atoms with E-state index in [2.05, 4.69) is 31.2 Å². The van der Waals surface area contributed by atoms with E-state index >= 15 is 0 Å². The van der Waals surface area contributed by atoms with Gasteiger partial charge in [-0.15, -0.1) is 0 Å². The first-order chi connectivity index (χ1) is 24.0. The second-order valence-corrected chi connectivity index (χ2v) is 12.6. The van der Waals surface area contributed by atoms with Gasteiger partial charge in [-0.05, 0) is 67.4 Å². The third kappa shape index (κ3) is 6.93. The number of hydrogen-bond donors (Lipinski definition) is 1. The second-order valence-electron chi connectivity index (χ2n) is 11.8. The molecule has 0 unspecified atom stereocenters. The Kier molecular flexibility index (Phi) is 9.91. The van der Waals surface area contributed by atoms with Crippen LogP contribution >= 0.6 is 15.9 Å². The van der Waals surface area contributed by atoms with E-state index in [1.807, 2.05) is 31.2 Å². The molecule has 0 saturated carbocycles. The third-order valence-corrected chi connectivity index (χ3v) is 9.06. The average molecular weight is 750 g/mol. The largest absolute Gasteiger partial charge is 0.494 e. The Balaban J connectivity index is 1.39. The molecule has 0 spiro atoms. The number of nitrogens with one attached hydrogen (secondary N) is 1. The van der Waals surface area contributed by atoms with Crippen LogP contribution in [0.25, 0.3) is 17.1 Å². The molecule has 14 heteroatoms. The minimum absolute atomic E-state index is 0.00200. The van der Waals surface area contributed by atoms with Gasteiger partial charge in [0.1, 0.15) is 11.4 Å². The first-order valence-electron chi connectivity index (χ1n) is 15.9. The first kappa shape index (κ1) is 34.6. The van der Waals surface area contributed by atoms with Crippen LogP contribution in [0.3, 0.4) is 0 Å². The lowest BCUT2D eigenvalue weighted by atomic mass is 10.1. The zero-order valence-electron chi connectivity index (χ0n) is 27.1. The smallest absolute Gasteiger partial charge is 0.417 e. The number of fused-ring (bicyclic) bond motifs is 1. The van der Waals surface area contributed by atoms with Crippen LogP contribution in [0.4, 0.5) is 13.2 Å². The number of ether oxygens (including phenoxy) is 1. The molecule has 50 heavy (non-hydrogen) atoms. The van der Waals surface area contributed by atoms with E-state index in [1.54, 1.807) is 49.6 Å². The van der Waals surface area contributed by atoms with Gasteiger partial charge in [-0.25, -0.2) is 14.8 Å². The molecule has 0 radical (unpaired) electrons. The van der Waals surface area contributed by atoms with Crippen molar-refractivity contribution in [2.45, 2.75) is 52.1 Å². The molecule has 3 heterocycles. The lowest BCUT2D eigenvalue weighted by Gasteiger charge is -2.34. The van der Waals surface area contributed by atoms with E-state index in [-0.39, 0.29) is 41.1 Å². The summed E-state index contributed by atoms with van der Waals surface area (Å²) in [7, 11) is 0. The quantitative estimate of drug-likeness (QED) is 0.181. The van der Waals surface area contributed by atoms with Gasteiger partial charge in [-0.3, -0.25) is 18.7 Å². The van der Waals surface area contributed by atoms with Crippen LogP contribution < -0.4 is 15.7 Å². The maximum Gasteiger partial charge on any atom is 0.417 e. The normalized spacial score (nSPS) is 14.3. The summed E-state index contributed by atoms with van der Waals surface area (Å²) in [5, 5.41) is 2.93. The number of hydrogen-bond acceptors (Lipinski definition) is 6. The Morgan fingerprint density at radius 1 is 1.02 bits per heavy atom. The number of carbonyl (C=O) groups is 2. The first-order valence-corrected chi connectivity index (χ1v) is 16.7. The van der Waals surface area contributed by atoms with Gasteiger partial charge in [0.2, 0.25) is 0 Å². The van der Waals surface area contributed by atoms with Crippen molar-refractivity contribution in [3.63, 3.8) is 0 Å². The molecule has 1 aliphatic rings. The fraction of sp³-hybridized carbons (Fsp3) is 0.250. The van der Waals surface area contributed by atoms with Gasteiger partial charge in [0, 0.05) is 47.1 Å². The van der Waals surface area contributed by atoms with Gasteiger partial charge in [-0.1, -0.05) is 47.1 Å². The summed E-state index contributed by atoms with van der Waals surface area (Å²) in [6.45, 7) is 4.07. The van der Waals surface area contributed by atoms with Gasteiger partial charge >= 0.3 is 11.9 Å². The lowest BCUT2D eigenvalue weighted by Crippen LogP contribution is -2.47. The number of rotatable bonds is 9. The number of imidazole rings is 1. The van der Waals surface area contributed by atoms with Gasteiger partial charge < -0.3 is 15.0 Å². The number of carbonyl (C=O) groups excluding carboxylic acids is 2. The molecule has 0 bridgehead atoms. The zero-order chi connectivity index (χ0) is 35.6. The zero-order valence-corrected chi connectivity index (χ0v) is 28.7. The van der Waals surface area contributed by atoms with E-state index < -0.39 is 35.3 Å². The Hall–Kier alpha value is -5.24. The minimum Gasteiger partial charge on any atom is -0.494 e. The average Bonchev–Trinajstić information content (AvgIpc) is 3.40. The van der Waals surface area contributed by atoms with Crippen LogP contribution in [0, 0.1) is 0 Å². The van der Waals surface area contributed by atoms with E-state index in [0.29, 0.717) is 29.4 Å². The molecular weight excluding hydrogens is 717 g/mol. The number of amides is 2. The highest BCUT2D eigenvalue weighted by Gasteiger charge is 2.37. The van der Waals surface area contributed by atoms with Crippen molar-refractivity contribution < 1.29 is 27.5 Å². The predicted molar refractivity (Wildman–Crippen MR) is 183 cm³/mol. The molecule has 1 N–H and O–H groups in total. The summed E-state index contributed by atoms with van der Waals surface area (Å²) >= 11 is 2.92. The highest BCUT2D eigenvalue weighted by atomic mass is 79.9. The summed E-state index contributed by atoms with van der Waals surface area (Å²) in [6.07, 6.45) is -0.639. The maximum absolute atomic E-state index is 14.2. The van der Waals surface area contributed by atoms with Crippen LogP contribution in [-0.2, 0) is 25.8 Å². The highest BCUT2D eigenvalue weighted by Crippen LogP contribution is 2.36. The Morgan fingerprint density at radius 2 is 1.74 bits per heavy atom. The van der Waals surface area contributed by atoms with Crippen molar-refractivity contribution >= 4 is 27.7 Å². The molecule has 258 valence electrons. The number of aromatic nitrogens is 4. The van der Waals surface area contributed by atoms with Crippen molar-refractivity contribution in [3.05, 3.63) is 128 Å². The lowest BCUT2D eigenvalue weighted by molar-refractivity contribution is -0.138. The van der Waals surface area contributed by atoms with Crippen molar-refractivity contribution in [2.75, 3.05) is 6.61 Å². The Labute approximate surface area is 293 Å². The molecule has 2 aromatic heterocycles. The standard InChI is InChI=1S/C36H32BrF3N6O4/c1-3-17-50-26-12-10-25(11-13-26)46-31(33(47)43-19-24-7-4-5-8-27(24)32-41-15-6-16-42-32)30-21-44(22(2)20-45(30)35(46)49)34(48)23-9-14-29(37)28(18-23)36(38,39)40/h4-16,18,22H,3,17,19-21H2,1-2H3,(H,43,47)/t22-/m1/s1. The highest BCUT2D eigenvalue weighted by molar-refractivity contribution is 9.10. The van der Waals surface area contributed by atoms with Crippen LogP contribution in [0.2, 0.25) is 0 Å². The van der Waals surface area contributed by atoms with Crippen molar-refractivity contribution in [1.29, 1.82) is 0 Å². The molecule has 0 aliphatic carbocycles. The molecule has 1 atom stereocenters. The molecule has 1 aliphatic heterocycles. The summed E-state index contributed by atoms with van der Waals surface area (Å²) in [6, 6.07) is 18.5. The van der Waals surface area contributed by atoms with Crippen LogP contribution in [-0.4, -0.2) is 48.5 Å². The SMILES string of the molecule is CCCOc1ccc(-n2c(C(=O)NCc3ccccc3-c3ncccn3)c3n(c2=O)C[C@@H](C)N(C(=O)c2ccc(Br)c(C(F)(F)F)c2)C3)cc1. The summed E-state index contributed by atoms with van der Waals surface area (Å²) in [4.78, 5) is 52.1. The van der Waals surface area contributed by atoms with E-state index in [1.165, 1.54) is 26.2 Å². The van der Waals surface area contributed by atoms with Crippen LogP contribution in [0.5, 0.6) is 5.75 Å². The molecule has 6 rings (SSSR count). The molecular formula is C36H32BrF3N6O4.